The fourth-order valence-corrected chi connectivity index (χ4v) is 3.69. The van der Waals surface area contributed by atoms with Gasteiger partial charge in [-0.15, -0.1) is 0 Å². The van der Waals surface area contributed by atoms with Gasteiger partial charge in [0.15, 0.2) is 0 Å². The number of hydrogen-bond acceptors (Lipinski definition) is 3. The molecular weight excluding hydrogens is 310 g/mol. The Labute approximate surface area is 134 Å². The third kappa shape index (κ3) is 2.77. The van der Waals surface area contributed by atoms with Crippen molar-refractivity contribution in [2.24, 2.45) is 0 Å². The van der Waals surface area contributed by atoms with E-state index in [1.165, 1.54) is 17.1 Å². The molecule has 5 heteroatoms. The molecular formula is C18H13NO3S. The quantitative estimate of drug-likeness (QED) is 0.682. The standard InChI is InChI=1S/C18H13NO3S/c1-14(20)10-11-15-6-5-9-18-17(15)12-13-19(18)23(21,22)16-7-3-2-4-8-16/h2-9,12-13H,1H3. The van der Waals surface area contributed by atoms with E-state index in [-0.39, 0.29) is 10.7 Å². The van der Waals surface area contributed by atoms with Gasteiger partial charge in [0, 0.05) is 24.1 Å². The molecule has 1 aromatic heterocycles. The molecule has 0 atom stereocenters. The highest BCUT2D eigenvalue weighted by atomic mass is 32.2. The predicted molar refractivity (Wildman–Crippen MR) is 88.5 cm³/mol. The van der Waals surface area contributed by atoms with Crippen LogP contribution in [0.1, 0.15) is 12.5 Å². The van der Waals surface area contributed by atoms with Crippen molar-refractivity contribution >= 4 is 26.7 Å². The molecule has 0 N–H and O–H groups in total. The van der Waals surface area contributed by atoms with Crippen LogP contribution in [0, 0.1) is 11.8 Å². The minimum absolute atomic E-state index is 0.220. The third-order valence-corrected chi connectivity index (χ3v) is 5.07. The van der Waals surface area contributed by atoms with Gasteiger partial charge in [0.25, 0.3) is 10.0 Å². The number of hydrogen-bond donors (Lipinski definition) is 0. The minimum atomic E-state index is -3.67. The van der Waals surface area contributed by atoms with Crippen molar-refractivity contribution in [3.63, 3.8) is 0 Å². The van der Waals surface area contributed by atoms with E-state index in [4.69, 9.17) is 0 Å². The van der Waals surface area contributed by atoms with Crippen LogP contribution >= 0.6 is 0 Å². The zero-order chi connectivity index (χ0) is 16.4. The summed E-state index contributed by atoms with van der Waals surface area (Å²) in [6.07, 6.45) is 1.51. The smallest absolute Gasteiger partial charge is 0.268 e. The Morgan fingerprint density at radius 1 is 1.00 bits per heavy atom. The molecule has 0 amide bonds. The molecule has 0 unspecified atom stereocenters. The van der Waals surface area contributed by atoms with E-state index in [0.717, 1.165) is 0 Å². The van der Waals surface area contributed by atoms with E-state index in [9.17, 15) is 13.2 Å². The summed E-state index contributed by atoms with van der Waals surface area (Å²) in [5, 5.41) is 0.695. The topological polar surface area (TPSA) is 56.1 Å². The molecule has 0 fully saturated rings. The Morgan fingerprint density at radius 3 is 2.43 bits per heavy atom. The number of carbonyl (C=O) groups is 1. The van der Waals surface area contributed by atoms with E-state index in [1.54, 1.807) is 54.6 Å². The summed E-state index contributed by atoms with van der Waals surface area (Å²) in [7, 11) is -3.67. The summed E-state index contributed by atoms with van der Waals surface area (Å²) in [4.78, 5) is 11.2. The Hall–Kier alpha value is -2.84. The number of ketones is 1. The van der Waals surface area contributed by atoms with E-state index in [1.807, 2.05) is 0 Å². The number of nitrogens with zero attached hydrogens (tertiary/aromatic N) is 1. The summed E-state index contributed by atoms with van der Waals surface area (Å²) in [6.45, 7) is 1.39. The molecule has 0 aliphatic heterocycles. The number of carbonyl (C=O) groups excluding carboxylic acids is 1. The van der Waals surface area contributed by atoms with Crippen LogP contribution in [-0.2, 0) is 14.8 Å². The molecule has 4 nitrogen and oxygen atoms in total. The van der Waals surface area contributed by atoms with Crippen molar-refractivity contribution in [3.8, 4) is 11.8 Å². The average Bonchev–Trinajstić information content (AvgIpc) is 2.99. The summed E-state index contributed by atoms with van der Waals surface area (Å²) < 4.78 is 26.8. The first kappa shape index (κ1) is 15.1. The van der Waals surface area contributed by atoms with Crippen LogP contribution in [0.2, 0.25) is 0 Å². The van der Waals surface area contributed by atoms with E-state index >= 15 is 0 Å². The lowest BCUT2D eigenvalue weighted by atomic mass is 10.1. The second kappa shape index (κ2) is 5.75. The first-order chi connectivity index (χ1) is 11.0. The fourth-order valence-electron chi connectivity index (χ4n) is 2.32. The number of benzene rings is 2. The van der Waals surface area contributed by atoms with Gasteiger partial charge >= 0.3 is 0 Å². The summed E-state index contributed by atoms with van der Waals surface area (Å²) in [5.41, 5.74) is 1.16. The van der Waals surface area contributed by atoms with E-state index in [2.05, 4.69) is 11.8 Å². The molecule has 1 heterocycles. The molecule has 23 heavy (non-hydrogen) atoms. The summed E-state index contributed by atoms with van der Waals surface area (Å²) in [6, 6.07) is 15.1. The Morgan fingerprint density at radius 2 is 1.74 bits per heavy atom. The number of aromatic nitrogens is 1. The van der Waals surface area contributed by atoms with Crippen molar-refractivity contribution in [1.29, 1.82) is 0 Å². The molecule has 0 saturated heterocycles. The fraction of sp³-hybridized carbons (Fsp3) is 0.0556. The van der Waals surface area contributed by atoms with Gasteiger partial charge in [-0.25, -0.2) is 12.4 Å². The second-order valence-electron chi connectivity index (χ2n) is 4.97. The zero-order valence-electron chi connectivity index (χ0n) is 12.4. The van der Waals surface area contributed by atoms with Crippen molar-refractivity contribution in [2.75, 3.05) is 0 Å². The summed E-state index contributed by atoms with van der Waals surface area (Å²) >= 11 is 0. The SMILES string of the molecule is CC(=O)C#Cc1cccc2c1ccn2S(=O)(=O)c1ccccc1. The van der Waals surface area contributed by atoms with Gasteiger partial charge < -0.3 is 0 Å². The molecule has 114 valence electrons. The highest BCUT2D eigenvalue weighted by Crippen LogP contribution is 2.24. The molecule has 0 aliphatic carbocycles. The first-order valence-electron chi connectivity index (χ1n) is 6.93. The maximum absolute atomic E-state index is 12.8. The molecule has 0 saturated carbocycles. The third-order valence-electron chi connectivity index (χ3n) is 3.37. The maximum atomic E-state index is 12.8. The first-order valence-corrected chi connectivity index (χ1v) is 8.37. The lowest BCUT2D eigenvalue weighted by molar-refractivity contribution is -0.111. The van der Waals surface area contributed by atoms with E-state index in [0.29, 0.717) is 16.5 Å². The lowest BCUT2D eigenvalue weighted by Crippen LogP contribution is -2.11. The minimum Gasteiger partial charge on any atom is -0.285 e. The lowest BCUT2D eigenvalue weighted by Gasteiger charge is -2.07. The zero-order valence-corrected chi connectivity index (χ0v) is 13.2. The summed E-state index contributed by atoms with van der Waals surface area (Å²) in [5.74, 6) is 5.03. The Kier molecular flexibility index (Phi) is 3.77. The average molecular weight is 323 g/mol. The normalized spacial score (nSPS) is 11.0. The van der Waals surface area contributed by atoms with Crippen molar-refractivity contribution in [3.05, 3.63) is 66.4 Å². The highest BCUT2D eigenvalue weighted by Gasteiger charge is 2.18. The van der Waals surface area contributed by atoms with Crippen LogP contribution in [0.5, 0.6) is 0 Å². The van der Waals surface area contributed by atoms with Crippen LogP contribution in [0.25, 0.3) is 10.9 Å². The van der Waals surface area contributed by atoms with E-state index < -0.39 is 10.0 Å². The Bertz CT molecular complexity index is 1050. The second-order valence-corrected chi connectivity index (χ2v) is 6.79. The van der Waals surface area contributed by atoms with Gasteiger partial charge in [-0.05, 0) is 36.3 Å². The van der Waals surface area contributed by atoms with Gasteiger partial charge in [0.05, 0.1) is 10.4 Å². The number of Topliss-reactive ketones (excluding diaryl/α,β-unsaturated/α-hetero) is 1. The van der Waals surface area contributed by atoms with Gasteiger partial charge in [0.1, 0.15) is 0 Å². The molecule has 3 aromatic rings. The highest BCUT2D eigenvalue weighted by molar-refractivity contribution is 7.90. The largest absolute Gasteiger partial charge is 0.285 e. The predicted octanol–water partition coefficient (Wildman–Crippen LogP) is 2.82. The molecule has 0 bridgehead atoms. The van der Waals surface area contributed by atoms with Crippen LogP contribution in [0.15, 0.2) is 65.7 Å². The van der Waals surface area contributed by atoms with Gasteiger partial charge in [-0.1, -0.05) is 30.2 Å². The van der Waals surface area contributed by atoms with Crippen molar-refractivity contribution in [2.45, 2.75) is 11.8 Å². The molecule has 0 radical (unpaired) electrons. The van der Waals surface area contributed by atoms with Crippen molar-refractivity contribution < 1.29 is 13.2 Å². The van der Waals surface area contributed by atoms with Crippen LogP contribution in [0.4, 0.5) is 0 Å². The number of rotatable bonds is 2. The molecule has 0 spiro atoms. The Balaban J connectivity index is 2.21. The van der Waals surface area contributed by atoms with Crippen LogP contribution in [0.3, 0.4) is 0 Å². The van der Waals surface area contributed by atoms with Gasteiger partial charge in [-0.2, -0.15) is 0 Å². The van der Waals surface area contributed by atoms with Gasteiger partial charge in [-0.3, -0.25) is 4.79 Å². The monoisotopic (exact) mass is 323 g/mol. The molecule has 3 rings (SSSR count). The maximum Gasteiger partial charge on any atom is 0.268 e. The van der Waals surface area contributed by atoms with Crippen LogP contribution in [-0.4, -0.2) is 18.2 Å². The van der Waals surface area contributed by atoms with Crippen molar-refractivity contribution in [1.82, 2.24) is 3.97 Å². The number of fused-ring (bicyclic) bond motifs is 1. The molecule has 2 aromatic carbocycles. The van der Waals surface area contributed by atoms with Crippen LogP contribution < -0.4 is 0 Å². The van der Waals surface area contributed by atoms with Gasteiger partial charge in [0.2, 0.25) is 5.78 Å². The molecule has 0 aliphatic rings.